The van der Waals surface area contributed by atoms with E-state index in [1.165, 1.54) is 11.3 Å². The highest BCUT2D eigenvalue weighted by Gasteiger charge is 2.33. The average Bonchev–Trinajstić information content (AvgIpc) is 3.40. The van der Waals surface area contributed by atoms with Crippen LogP contribution in [-0.4, -0.2) is 31.4 Å². The summed E-state index contributed by atoms with van der Waals surface area (Å²) in [6, 6.07) is 8.54. The van der Waals surface area contributed by atoms with Crippen molar-refractivity contribution in [3.05, 3.63) is 77.1 Å². The summed E-state index contributed by atoms with van der Waals surface area (Å²) in [6.45, 7) is 3.73. The van der Waals surface area contributed by atoms with Gasteiger partial charge in [-0.2, -0.15) is 0 Å². The van der Waals surface area contributed by atoms with Crippen molar-refractivity contribution in [2.75, 3.05) is 20.8 Å². The predicted molar refractivity (Wildman–Crippen MR) is 124 cm³/mol. The average molecular weight is 471 g/mol. The largest absolute Gasteiger partial charge is 0.493 e. The lowest BCUT2D eigenvalue weighted by atomic mass is 9.95. The highest BCUT2D eigenvalue weighted by Crippen LogP contribution is 2.36. The number of benzene rings is 1. The lowest BCUT2D eigenvalue weighted by molar-refractivity contribution is -0.139. The third-order valence-corrected chi connectivity index (χ3v) is 6.86. The minimum absolute atomic E-state index is 0.212. The standard InChI is InChI=1S/C23H22N2O5S2/c1-5-30-22(27)19-13(2)24-23-25(21(26)18(32-23)12-15-7-6-10-31-15)20(19)14-8-9-16(28-3)17(11-14)29-4/h6-12,20H,5H2,1-4H3/b18-12-/t20-/m1/s1. The maximum absolute atomic E-state index is 13.5. The molecule has 0 N–H and O–H groups in total. The fourth-order valence-electron chi connectivity index (χ4n) is 3.63. The van der Waals surface area contributed by atoms with Crippen LogP contribution in [0, 0.1) is 0 Å². The summed E-state index contributed by atoms with van der Waals surface area (Å²) in [7, 11) is 3.10. The van der Waals surface area contributed by atoms with E-state index in [1.807, 2.05) is 29.7 Å². The first-order chi connectivity index (χ1) is 15.5. The van der Waals surface area contributed by atoms with Crippen LogP contribution in [0.3, 0.4) is 0 Å². The molecule has 1 aliphatic rings. The van der Waals surface area contributed by atoms with Gasteiger partial charge in [-0.15, -0.1) is 11.3 Å². The zero-order chi connectivity index (χ0) is 22.8. The second-order valence-electron chi connectivity index (χ2n) is 6.93. The Labute approximate surface area is 192 Å². The molecule has 0 fully saturated rings. The van der Waals surface area contributed by atoms with E-state index in [-0.39, 0.29) is 12.2 Å². The van der Waals surface area contributed by atoms with Gasteiger partial charge >= 0.3 is 5.97 Å². The van der Waals surface area contributed by atoms with Gasteiger partial charge in [0.15, 0.2) is 16.3 Å². The van der Waals surface area contributed by atoms with Crippen LogP contribution in [0.2, 0.25) is 0 Å². The Hall–Kier alpha value is -3.17. The summed E-state index contributed by atoms with van der Waals surface area (Å²) in [4.78, 5) is 32.5. The molecule has 0 bridgehead atoms. The molecule has 0 aliphatic carbocycles. The fraction of sp³-hybridized carbons (Fsp3) is 0.261. The first-order valence-corrected chi connectivity index (χ1v) is 11.6. The smallest absolute Gasteiger partial charge is 0.338 e. The number of ether oxygens (including phenoxy) is 3. The molecule has 32 heavy (non-hydrogen) atoms. The fourth-order valence-corrected chi connectivity index (χ4v) is 5.40. The number of thiophene rings is 1. The van der Waals surface area contributed by atoms with E-state index < -0.39 is 12.0 Å². The van der Waals surface area contributed by atoms with Crippen LogP contribution in [0.15, 0.2) is 56.8 Å². The van der Waals surface area contributed by atoms with Crippen LogP contribution in [0.1, 0.15) is 30.3 Å². The van der Waals surface area contributed by atoms with Gasteiger partial charge in [-0.1, -0.05) is 23.5 Å². The molecular weight excluding hydrogens is 448 g/mol. The van der Waals surface area contributed by atoms with E-state index in [1.54, 1.807) is 56.1 Å². The minimum atomic E-state index is -0.699. The summed E-state index contributed by atoms with van der Waals surface area (Å²) in [5.41, 5.74) is 1.33. The SMILES string of the molecule is CCOC(=O)C1=C(C)N=c2s/c(=C\c3cccs3)c(=O)n2[C@@H]1c1ccc(OC)c(OC)c1. The van der Waals surface area contributed by atoms with Gasteiger partial charge in [0.1, 0.15) is 0 Å². The molecule has 4 rings (SSSR count). The first kappa shape index (κ1) is 22.0. The van der Waals surface area contributed by atoms with E-state index in [9.17, 15) is 9.59 Å². The number of fused-ring (bicyclic) bond motifs is 1. The molecule has 0 amide bonds. The summed E-state index contributed by atoms with van der Waals surface area (Å²) in [5, 5.41) is 1.96. The van der Waals surface area contributed by atoms with Crippen molar-refractivity contribution in [3.8, 4) is 11.5 Å². The lowest BCUT2D eigenvalue weighted by Gasteiger charge is -2.25. The molecule has 2 aromatic heterocycles. The van der Waals surface area contributed by atoms with Gasteiger partial charge in [-0.05, 0) is 49.1 Å². The molecule has 3 heterocycles. The van der Waals surface area contributed by atoms with E-state index in [4.69, 9.17) is 14.2 Å². The Bertz CT molecular complexity index is 1370. The number of thiazole rings is 1. The third-order valence-electron chi connectivity index (χ3n) is 5.06. The Balaban J connectivity index is 1.98. The molecule has 3 aromatic rings. The molecule has 0 radical (unpaired) electrons. The van der Waals surface area contributed by atoms with Crippen LogP contribution >= 0.6 is 22.7 Å². The van der Waals surface area contributed by atoms with Crippen LogP contribution < -0.4 is 24.4 Å². The molecule has 7 nitrogen and oxygen atoms in total. The Morgan fingerprint density at radius 1 is 1.22 bits per heavy atom. The molecule has 1 aromatic carbocycles. The van der Waals surface area contributed by atoms with Crippen molar-refractivity contribution in [3.63, 3.8) is 0 Å². The number of hydrogen-bond donors (Lipinski definition) is 0. The topological polar surface area (TPSA) is 79.1 Å². The quantitative estimate of drug-likeness (QED) is 0.518. The molecular formula is C23H22N2O5S2. The Kier molecular flexibility index (Phi) is 6.29. The number of rotatable bonds is 6. The van der Waals surface area contributed by atoms with Crippen molar-refractivity contribution >= 4 is 34.7 Å². The van der Waals surface area contributed by atoms with E-state index >= 15 is 0 Å². The second kappa shape index (κ2) is 9.13. The maximum Gasteiger partial charge on any atom is 0.338 e. The van der Waals surface area contributed by atoms with Crippen molar-refractivity contribution in [1.82, 2.24) is 4.57 Å². The molecule has 0 unspecified atom stereocenters. The highest BCUT2D eigenvalue weighted by molar-refractivity contribution is 7.11. The Morgan fingerprint density at radius 3 is 2.66 bits per heavy atom. The van der Waals surface area contributed by atoms with E-state index in [0.717, 1.165) is 4.88 Å². The van der Waals surface area contributed by atoms with Crippen LogP contribution in [-0.2, 0) is 9.53 Å². The molecule has 0 spiro atoms. The van der Waals surface area contributed by atoms with Gasteiger partial charge in [-0.3, -0.25) is 9.36 Å². The predicted octanol–water partition coefficient (Wildman–Crippen LogP) is 2.88. The van der Waals surface area contributed by atoms with Gasteiger partial charge in [0.2, 0.25) is 0 Å². The first-order valence-electron chi connectivity index (χ1n) is 9.93. The second-order valence-corrected chi connectivity index (χ2v) is 8.92. The zero-order valence-electron chi connectivity index (χ0n) is 18.1. The summed E-state index contributed by atoms with van der Waals surface area (Å²) in [5.74, 6) is 0.560. The van der Waals surface area contributed by atoms with Crippen molar-refractivity contribution in [1.29, 1.82) is 0 Å². The number of methoxy groups -OCH3 is 2. The summed E-state index contributed by atoms with van der Waals surface area (Å²) < 4.78 is 18.2. The molecule has 0 saturated carbocycles. The highest BCUT2D eigenvalue weighted by atomic mass is 32.1. The van der Waals surface area contributed by atoms with Crippen molar-refractivity contribution in [2.45, 2.75) is 19.9 Å². The minimum Gasteiger partial charge on any atom is -0.493 e. The van der Waals surface area contributed by atoms with Crippen LogP contribution in [0.5, 0.6) is 11.5 Å². The third kappa shape index (κ3) is 3.89. The van der Waals surface area contributed by atoms with E-state index in [0.29, 0.717) is 37.7 Å². The lowest BCUT2D eigenvalue weighted by Crippen LogP contribution is -2.39. The molecule has 0 saturated heterocycles. The summed E-state index contributed by atoms with van der Waals surface area (Å²) in [6.07, 6.45) is 1.85. The van der Waals surface area contributed by atoms with Gasteiger partial charge in [0.05, 0.1) is 42.7 Å². The number of hydrogen-bond acceptors (Lipinski definition) is 8. The Morgan fingerprint density at radius 2 is 2.00 bits per heavy atom. The van der Waals surface area contributed by atoms with Crippen LogP contribution in [0.4, 0.5) is 0 Å². The molecule has 9 heteroatoms. The van der Waals surface area contributed by atoms with E-state index in [2.05, 4.69) is 4.99 Å². The summed E-state index contributed by atoms with van der Waals surface area (Å²) >= 11 is 2.85. The van der Waals surface area contributed by atoms with Gasteiger partial charge in [0.25, 0.3) is 5.56 Å². The zero-order valence-corrected chi connectivity index (χ0v) is 19.7. The maximum atomic E-state index is 13.5. The van der Waals surface area contributed by atoms with Crippen molar-refractivity contribution in [2.24, 2.45) is 4.99 Å². The van der Waals surface area contributed by atoms with Gasteiger partial charge in [-0.25, -0.2) is 9.79 Å². The van der Waals surface area contributed by atoms with Crippen molar-refractivity contribution < 1.29 is 19.0 Å². The molecule has 1 atom stereocenters. The number of aromatic nitrogens is 1. The number of nitrogens with zero attached hydrogens (tertiary/aromatic N) is 2. The number of carbonyl (C=O) groups is 1. The normalized spacial score (nSPS) is 15.9. The van der Waals surface area contributed by atoms with Crippen LogP contribution in [0.25, 0.3) is 6.08 Å². The van der Waals surface area contributed by atoms with Gasteiger partial charge < -0.3 is 14.2 Å². The molecule has 166 valence electrons. The number of esters is 1. The monoisotopic (exact) mass is 470 g/mol. The van der Waals surface area contributed by atoms with Gasteiger partial charge in [0, 0.05) is 4.88 Å². The molecule has 1 aliphatic heterocycles. The number of carbonyl (C=O) groups excluding carboxylic acids is 1. The number of allylic oxidation sites excluding steroid dienone is 1.